The minimum absolute atomic E-state index is 0.131. The van der Waals surface area contributed by atoms with E-state index in [1.165, 1.54) is 25.0 Å². The van der Waals surface area contributed by atoms with Gasteiger partial charge >= 0.3 is 23.9 Å². The fraction of sp³-hybridized carbons (Fsp3) is 0.746. The molecule has 17 atom stereocenters. The molecule has 17 heteroatoms. The molecule has 76 heavy (non-hydrogen) atoms. The lowest BCUT2D eigenvalue weighted by Gasteiger charge is -2.35. The van der Waals surface area contributed by atoms with Gasteiger partial charge in [-0.15, -0.1) is 0 Å². The minimum Gasteiger partial charge on any atom is -0.462 e. The Hall–Kier alpha value is -4.23. The van der Waals surface area contributed by atoms with Crippen molar-refractivity contribution in [3.8, 4) is 0 Å². The summed E-state index contributed by atoms with van der Waals surface area (Å²) in [6.07, 6.45) is 15.4. The van der Waals surface area contributed by atoms with Crippen molar-refractivity contribution < 1.29 is 67.3 Å². The van der Waals surface area contributed by atoms with Crippen LogP contribution >= 0.6 is 0 Å². The van der Waals surface area contributed by atoms with Crippen molar-refractivity contribution >= 4 is 30.3 Å². The van der Waals surface area contributed by atoms with Crippen molar-refractivity contribution in [3.63, 3.8) is 0 Å². The van der Waals surface area contributed by atoms with Crippen LogP contribution in [0.15, 0.2) is 60.4 Å². The molecule has 0 bridgehead atoms. The third kappa shape index (κ3) is 25.1. The van der Waals surface area contributed by atoms with Gasteiger partial charge in [-0.3, -0.25) is 29.0 Å². The predicted octanol–water partition coefficient (Wildman–Crippen LogP) is 7.74. The van der Waals surface area contributed by atoms with E-state index >= 15 is 0 Å². The molecule has 1 rings (SSSR count). The Morgan fingerprint density at radius 2 is 1.54 bits per heavy atom. The lowest BCUT2D eigenvalue weighted by molar-refractivity contribution is -0.166. The molecule has 1 heterocycles. The fourth-order valence-electron chi connectivity index (χ4n) is 9.44. The summed E-state index contributed by atoms with van der Waals surface area (Å²) in [4.78, 5) is 69.2. The molecular weight excluding hydrogens is 975 g/mol. The van der Waals surface area contributed by atoms with E-state index < -0.39 is 90.3 Å². The first-order valence-electron chi connectivity index (χ1n) is 27.3. The average molecular weight is 1080 g/mol. The number of likely N-dealkylation sites (N-methyl/N-ethyl adjacent to an activating group) is 2. The van der Waals surface area contributed by atoms with E-state index in [2.05, 4.69) is 19.9 Å². The van der Waals surface area contributed by atoms with Gasteiger partial charge in [-0.25, -0.2) is 4.79 Å². The van der Waals surface area contributed by atoms with Crippen LogP contribution in [0.2, 0.25) is 0 Å². The molecule has 0 aromatic carbocycles. The van der Waals surface area contributed by atoms with Crippen LogP contribution in [0.25, 0.3) is 0 Å². The van der Waals surface area contributed by atoms with Crippen LogP contribution in [0.1, 0.15) is 121 Å². The highest BCUT2D eigenvalue weighted by atomic mass is 16.6. The molecule has 0 fully saturated rings. The zero-order valence-corrected chi connectivity index (χ0v) is 49.6. The van der Waals surface area contributed by atoms with E-state index in [4.69, 9.17) is 33.2 Å². The van der Waals surface area contributed by atoms with E-state index in [1.54, 1.807) is 96.7 Å². The van der Waals surface area contributed by atoms with Crippen LogP contribution in [0.3, 0.4) is 0 Å². The summed E-state index contributed by atoms with van der Waals surface area (Å²) in [7, 11) is 13.6. The molecule has 0 aromatic rings. The zero-order chi connectivity index (χ0) is 57.8. The number of aliphatic hydroxyl groups excluding tert-OH is 2. The number of methoxy groups -OCH3 is 3. The van der Waals surface area contributed by atoms with Gasteiger partial charge in [0, 0.05) is 77.7 Å². The Morgan fingerprint density at radius 3 is 2.12 bits per heavy atom. The normalized spacial score (nSPS) is 28.6. The molecule has 0 radical (unpaired) electrons. The second kappa shape index (κ2) is 36.8. The summed E-state index contributed by atoms with van der Waals surface area (Å²) in [5, 5.41) is 23.6. The summed E-state index contributed by atoms with van der Waals surface area (Å²) in [6, 6.07) is -1.20. The van der Waals surface area contributed by atoms with Gasteiger partial charge in [-0.05, 0) is 110 Å². The van der Waals surface area contributed by atoms with Crippen molar-refractivity contribution in [3.05, 3.63) is 60.4 Å². The smallest absolute Gasteiger partial charge is 0.331 e. The predicted molar refractivity (Wildman–Crippen MR) is 297 cm³/mol. The third-order valence-electron chi connectivity index (χ3n) is 15.2. The van der Waals surface area contributed by atoms with Crippen molar-refractivity contribution in [1.29, 1.82) is 0 Å². The van der Waals surface area contributed by atoms with Crippen LogP contribution in [0.5, 0.6) is 0 Å². The third-order valence-corrected chi connectivity index (χ3v) is 15.2. The first-order valence-corrected chi connectivity index (χ1v) is 27.3. The lowest BCUT2D eigenvalue weighted by Crippen LogP contribution is -2.45. The maximum Gasteiger partial charge on any atom is 0.331 e. The first-order chi connectivity index (χ1) is 35.7. The van der Waals surface area contributed by atoms with Crippen molar-refractivity contribution in [2.75, 3.05) is 63.2 Å². The van der Waals surface area contributed by atoms with Crippen molar-refractivity contribution in [2.24, 2.45) is 41.4 Å². The molecule has 0 unspecified atom stereocenters. The molecule has 1 amide bonds. The number of allylic oxidation sites excluding steroid dienone is 3. The number of nitrogens with zero attached hydrogens (tertiary/aromatic N) is 3. The summed E-state index contributed by atoms with van der Waals surface area (Å²) in [6.45, 7) is 18.8. The second-order valence-electron chi connectivity index (χ2n) is 21.9. The molecule has 436 valence electrons. The molecule has 17 nitrogen and oxygen atoms in total. The summed E-state index contributed by atoms with van der Waals surface area (Å²) in [5.74, 6) is -4.14. The molecule has 0 aromatic heterocycles. The summed E-state index contributed by atoms with van der Waals surface area (Å²) < 4.78 is 41.6. The van der Waals surface area contributed by atoms with Gasteiger partial charge in [0.1, 0.15) is 36.5 Å². The Morgan fingerprint density at radius 1 is 0.868 bits per heavy atom. The van der Waals surface area contributed by atoms with Crippen LogP contribution < -0.4 is 0 Å². The number of ether oxygens (including phenoxy) is 7. The largest absolute Gasteiger partial charge is 0.462 e. The highest BCUT2D eigenvalue weighted by Gasteiger charge is 2.38. The van der Waals surface area contributed by atoms with Crippen LogP contribution in [0, 0.1) is 41.4 Å². The maximum atomic E-state index is 13.6. The van der Waals surface area contributed by atoms with Gasteiger partial charge in [-0.2, -0.15) is 0 Å². The van der Waals surface area contributed by atoms with Gasteiger partial charge in [0.15, 0.2) is 0 Å². The molecule has 1 aliphatic rings. The molecule has 0 aliphatic carbocycles. The maximum absolute atomic E-state index is 13.6. The quantitative estimate of drug-likeness (QED) is 0.0435. The number of hydrogen-bond donors (Lipinski definition) is 2. The van der Waals surface area contributed by atoms with Gasteiger partial charge in [0.05, 0.1) is 31.0 Å². The summed E-state index contributed by atoms with van der Waals surface area (Å²) in [5.41, 5.74) is 1.10. The highest BCUT2D eigenvalue weighted by molar-refractivity contribution is 5.82. The van der Waals surface area contributed by atoms with E-state index in [0.717, 1.165) is 12.0 Å². The molecule has 0 spiro atoms. The second-order valence-corrected chi connectivity index (χ2v) is 21.9. The zero-order valence-electron chi connectivity index (χ0n) is 49.6. The Labute approximate surface area is 457 Å². The van der Waals surface area contributed by atoms with Gasteiger partial charge in [0.2, 0.25) is 6.41 Å². The molecule has 2 N–H and O–H groups in total. The number of carbonyl (C=O) groups excluding carboxylic acids is 5. The monoisotopic (exact) mass is 1080 g/mol. The number of rotatable bonds is 23. The van der Waals surface area contributed by atoms with E-state index in [9.17, 15) is 34.2 Å². The van der Waals surface area contributed by atoms with Gasteiger partial charge < -0.3 is 48.3 Å². The molecule has 0 saturated heterocycles. The van der Waals surface area contributed by atoms with Crippen LogP contribution in [-0.4, -0.2) is 179 Å². The number of amides is 1. The Kier molecular flexibility index (Phi) is 33.8. The first kappa shape index (κ1) is 69.8. The van der Waals surface area contributed by atoms with Gasteiger partial charge in [0.25, 0.3) is 0 Å². The number of aliphatic hydroxyl groups is 2. The molecular formula is C59H101N3O14. The number of esters is 4. The Balaban J connectivity index is 3.64. The molecule has 1 aliphatic heterocycles. The number of cyclic esters (lactones) is 1. The fourth-order valence-corrected chi connectivity index (χ4v) is 9.44. The van der Waals surface area contributed by atoms with E-state index in [0.29, 0.717) is 38.5 Å². The van der Waals surface area contributed by atoms with Gasteiger partial charge in [-0.1, -0.05) is 91.0 Å². The standard InChI is InChI=1S/C59H101N3O14/c1-38-27-28-39(2)51(72-18)31-30-41(4)56(76-59(69)49(36-70-16)61(13)14)43(6)50(65)24-20-19-21-26-54(66)74-52(25-22-23-48(35-38)71-17)44(7)55(67)40(3)29-32-53(75-58(68)46(9)60(11)12)45(8)57(73-47(10)64)42(5)33-34-62(15)37-63/h19-23,26,28,33-34,37-38,40-46,48-53,55-57,65,67H,24-25,27,29-32,35-36H2,1-18H3/b20-19+,23-22+,26-21+,34-33+,39-28+/t38-,40+,41-,42-,43-,44-,45+,46+,48+,49+,50-,51+,52+,53-,55+,56-,57-/m1/s1. The molecule has 0 saturated carbocycles. The van der Waals surface area contributed by atoms with Crippen LogP contribution in [-0.2, 0) is 57.1 Å². The van der Waals surface area contributed by atoms with E-state index in [-0.39, 0.29) is 55.3 Å². The van der Waals surface area contributed by atoms with E-state index in [1.807, 2.05) is 53.7 Å². The van der Waals surface area contributed by atoms with Crippen LogP contribution in [0.4, 0.5) is 0 Å². The topological polar surface area (TPSA) is 200 Å². The van der Waals surface area contributed by atoms with Crippen molar-refractivity contribution in [2.45, 2.75) is 182 Å². The average Bonchev–Trinajstić information content (AvgIpc) is 3.37. The Bertz CT molecular complexity index is 1870. The highest BCUT2D eigenvalue weighted by Crippen LogP contribution is 2.32. The number of hydrogen-bond acceptors (Lipinski definition) is 16. The minimum atomic E-state index is -0.966. The number of carbonyl (C=O) groups is 5. The SMILES string of the molecule is COC[C@@H](C(=O)O[C@H]1[C@H](C)[C@H](O)C/C=C/C=C/C(=O)O[C@H]([C@@H](C)[C@@H](O)[C@@H](C)CC[C@@H](OC(=O)[C@H](C)N(C)C)[C@H](C)[C@H](OC(C)=O)[C@H](C)/C=C/N(C)C=O)C/C=C/[C@H](OC)C[C@H](C)C/C=C(\C)[C@@H](OC)CC[C@H]1C)N(C)C. The van der Waals surface area contributed by atoms with Crippen molar-refractivity contribution in [1.82, 2.24) is 14.7 Å². The lowest BCUT2D eigenvalue weighted by atomic mass is 9.82. The summed E-state index contributed by atoms with van der Waals surface area (Å²) >= 11 is 0.